The first-order valence-corrected chi connectivity index (χ1v) is 10.6. The minimum absolute atomic E-state index is 0.383. The molecule has 4 aromatic rings. The summed E-state index contributed by atoms with van der Waals surface area (Å²) in [5, 5.41) is 9.67. The van der Waals surface area contributed by atoms with Crippen molar-refractivity contribution in [3.05, 3.63) is 54.9 Å². The van der Waals surface area contributed by atoms with E-state index in [1.807, 2.05) is 12.4 Å². The molecule has 0 N–H and O–H groups in total. The number of benzene rings is 1. The van der Waals surface area contributed by atoms with Gasteiger partial charge in [-0.15, -0.1) is 21.5 Å². The van der Waals surface area contributed by atoms with Crippen LogP contribution in [0.4, 0.5) is 5.82 Å². The van der Waals surface area contributed by atoms with Crippen molar-refractivity contribution in [2.24, 2.45) is 0 Å². The maximum Gasteiger partial charge on any atom is 0.140 e. The summed E-state index contributed by atoms with van der Waals surface area (Å²) >= 11 is 1.73. The predicted octanol–water partition coefficient (Wildman–Crippen LogP) is 4.35. The van der Waals surface area contributed by atoms with Crippen molar-refractivity contribution in [2.45, 2.75) is 32.2 Å². The summed E-state index contributed by atoms with van der Waals surface area (Å²) in [5.74, 6) is 2.51. The van der Waals surface area contributed by atoms with Crippen LogP contribution in [0.3, 0.4) is 0 Å². The number of aryl methyl sites for hydroxylation is 1. The molecular weight excluding hydrogens is 368 g/mol. The molecule has 1 fully saturated rings. The average molecular weight is 391 g/mol. The molecule has 0 bridgehead atoms. The summed E-state index contributed by atoms with van der Waals surface area (Å²) in [7, 11) is 0. The largest absolute Gasteiger partial charge is 0.355 e. The monoisotopic (exact) mass is 390 g/mol. The van der Waals surface area contributed by atoms with Crippen molar-refractivity contribution in [2.75, 3.05) is 18.0 Å². The van der Waals surface area contributed by atoms with Crippen molar-refractivity contribution < 1.29 is 0 Å². The summed E-state index contributed by atoms with van der Waals surface area (Å²) < 4.78 is 2.15. The van der Waals surface area contributed by atoms with Crippen LogP contribution in [0.15, 0.2) is 49.1 Å². The Morgan fingerprint density at radius 1 is 1.18 bits per heavy atom. The van der Waals surface area contributed by atoms with E-state index in [4.69, 9.17) is 0 Å². The SMILES string of the molecule is CCn1cnnc1C1CCCN(c2ncnc3sc(-c4ccccc4)cc23)C1. The molecule has 0 radical (unpaired) electrons. The topological polar surface area (TPSA) is 59.7 Å². The van der Waals surface area contributed by atoms with E-state index in [1.165, 1.54) is 10.4 Å². The Bertz CT molecular complexity index is 1090. The van der Waals surface area contributed by atoms with Crippen molar-refractivity contribution in [3.8, 4) is 10.4 Å². The number of fused-ring (bicyclic) bond motifs is 1. The van der Waals surface area contributed by atoms with Gasteiger partial charge < -0.3 is 9.47 Å². The lowest BCUT2D eigenvalue weighted by atomic mass is 9.97. The lowest BCUT2D eigenvalue weighted by Crippen LogP contribution is -2.36. The average Bonchev–Trinajstić information content (AvgIpc) is 3.41. The molecule has 5 rings (SSSR count). The molecule has 1 aromatic carbocycles. The lowest BCUT2D eigenvalue weighted by molar-refractivity contribution is 0.471. The van der Waals surface area contributed by atoms with Gasteiger partial charge in [0.1, 0.15) is 29.1 Å². The Morgan fingerprint density at radius 3 is 2.93 bits per heavy atom. The molecule has 6 nitrogen and oxygen atoms in total. The molecule has 1 aliphatic heterocycles. The van der Waals surface area contributed by atoms with Crippen LogP contribution in [0.25, 0.3) is 20.7 Å². The molecule has 1 saturated heterocycles. The standard InChI is InChI=1S/C21H22N6S/c1-2-26-14-24-25-19(26)16-9-6-10-27(12-16)20-17-11-18(15-7-4-3-5-8-15)28-21(17)23-13-22-20/h3-5,7-8,11,13-14,16H,2,6,9-10,12H2,1H3. The highest BCUT2D eigenvalue weighted by Gasteiger charge is 2.27. The van der Waals surface area contributed by atoms with Gasteiger partial charge in [-0.05, 0) is 31.4 Å². The first kappa shape index (κ1) is 17.3. The predicted molar refractivity (Wildman–Crippen MR) is 113 cm³/mol. The molecule has 4 heterocycles. The number of anilines is 1. The third-order valence-corrected chi connectivity index (χ3v) is 6.53. The van der Waals surface area contributed by atoms with Crippen molar-refractivity contribution in [1.29, 1.82) is 0 Å². The van der Waals surface area contributed by atoms with Gasteiger partial charge in [0, 0.05) is 30.4 Å². The zero-order valence-corrected chi connectivity index (χ0v) is 16.6. The fourth-order valence-electron chi connectivity index (χ4n) is 4.04. The maximum absolute atomic E-state index is 4.67. The Hall–Kier alpha value is -2.80. The highest BCUT2D eigenvalue weighted by molar-refractivity contribution is 7.21. The summed E-state index contributed by atoms with van der Waals surface area (Å²) in [4.78, 5) is 13.9. The first-order chi connectivity index (χ1) is 13.8. The Kier molecular flexibility index (Phi) is 4.52. The minimum atomic E-state index is 0.383. The van der Waals surface area contributed by atoms with Crippen LogP contribution in [0.1, 0.15) is 31.5 Å². The van der Waals surface area contributed by atoms with Gasteiger partial charge in [-0.25, -0.2) is 9.97 Å². The normalized spacial score (nSPS) is 17.3. The second-order valence-electron chi connectivity index (χ2n) is 7.15. The van der Waals surface area contributed by atoms with Gasteiger partial charge >= 0.3 is 0 Å². The lowest BCUT2D eigenvalue weighted by Gasteiger charge is -2.33. The molecule has 1 unspecified atom stereocenters. The third-order valence-electron chi connectivity index (χ3n) is 5.44. The second-order valence-corrected chi connectivity index (χ2v) is 8.18. The number of hydrogen-bond donors (Lipinski definition) is 0. The second kappa shape index (κ2) is 7.31. The number of piperidine rings is 1. The van der Waals surface area contributed by atoms with Crippen LogP contribution < -0.4 is 4.90 Å². The Morgan fingerprint density at radius 2 is 2.07 bits per heavy atom. The van der Waals surface area contributed by atoms with E-state index < -0.39 is 0 Å². The molecule has 0 aliphatic carbocycles. The number of hydrogen-bond acceptors (Lipinski definition) is 6. The fourth-order valence-corrected chi connectivity index (χ4v) is 5.04. The zero-order chi connectivity index (χ0) is 18.9. The van der Waals surface area contributed by atoms with Crippen LogP contribution in [0.5, 0.6) is 0 Å². The molecule has 3 aromatic heterocycles. The van der Waals surface area contributed by atoms with Gasteiger partial charge in [-0.2, -0.15) is 0 Å². The van der Waals surface area contributed by atoms with Crippen molar-refractivity contribution >= 4 is 27.4 Å². The van der Waals surface area contributed by atoms with E-state index >= 15 is 0 Å². The first-order valence-electron chi connectivity index (χ1n) is 9.76. The highest BCUT2D eigenvalue weighted by atomic mass is 32.1. The van der Waals surface area contributed by atoms with Crippen LogP contribution in [0.2, 0.25) is 0 Å². The zero-order valence-electron chi connectivity index (χ0n) is 15.8. The van der Waals surface area contributed by atoms with E-state index in [9.17, 15) is 0 Å². The van der Waals surface area contributed by atoms with Gasteiger partial charge in [0.2, 0.25) is 0 Å². The Labute approximate surface area is 167 Å². The molecule has 142 valence electrons. The summed E-state index contributed by atoms with van der Waals surface area (Å²) in [6, 6.07) is 12.7. The van der Waals surface area contributed by atoms with Crippen molar-refractivity contribution in [3.63, 3.8) is 0 Å². The van der Waals surface area contributed by atoms with Crippen molar-refractivity contribution in [1.82, 2.24) is 24.7 Å². The van der Waals surface area contributed by atoms with Crippen LogP contribution in [0, 0.1) is 0 Å². The van der Waals surface area contributed by atoms with E-state index in [2.05, 4.69) is 66.9 Å². The molecular formula is C21H22N6S. The third kappa shape index (κ3) is 3.05. The summed E-state index contributed by atoms with van der Waals surface area (Å²) in [5.41, 5.74) is 1.23. The van der Waals surface area contributed by atoms with Crippen LogP contribution >= 0.6 is 11.3 Å². The molecule has 1 aliphatic rings. The molecule has 1 atom stereocenters. The van der Waals surface area contributed by atoms with Crippen LogP contribution in [-0.2, 0) is 6.54 Å². The molecule has 0 spiro atoms. The van der Waals surface area contributed by atoms with Gasteiger partial charge in [0.25, 0.3) is 0 Å². The maximum atomic E-state index is 4.67. The van der Waals surface area contributed by atoms with E-state index in [1.54, 1.807) is 17.7 Å². The van der Waals surface area contributed by atoms with E-state index in [0.29, 0.717) is 5.92 Å². The molecule has 7 heteroatoms. The van der Waals surface area contributed by atoms with E-state index in [-0.39, 0.29) is 0 Å². The quantitative estimate of drug-likeness (QED) is 0.518. The van der Waals surface area contributed by atoms with Gasteiger partial charge in [0.05, 0.1) is 5.39 Å². The Balaban J connectivity index is 1.49. The van der Waals surface area contributed by atoms with Crippen LogP contribution in [-0.4, -0.2) is 37.8 Å². The van der Waals surface area contributed by atoms with Gasteiger partial charge in [-0.3, -0.25) is 0 Å². The fraction of sp³-hybridized carbons (Fsp3) is 0.333. The number of nitrogens with zero attached hydrogens (tertiary/aromatic N) is 6. The minimum Gasteiger partial charge on any atom is -0.355 e. The number of thiophene rings is 1. The highest BCUT2D eigenvalue weighted by Crippen LogP contribution is 2.37. The smallest absolute Gasteiger partial charge is 0.140 e. The van der Waals surface area contributed by atoms with Gasteiger partial charge in [-0.1, -0.05) is 30.3 Å². The van der Waals surface area contributed by atoms with Gasteiger partial charge in [0.15, 0.2) is 0 Å². The molecule has 0 saturated carbocycles. The molecule has 28 heavy (non-hydrogen) atoms. The van der Waals surface area contributed by atoms with E-state index in [0.717, 1.165) is 54.3 Å². The number of aromatic nitrogens is 5. The summed E-state index contributed by atoms with van der Waals surface area (Å²) in [6.07, 6.45) is 5.80. The molecule has 0 amide bonds. The number of rotatable bonds is 4. The summed E-state index contributed by atoms with van der Waals surface area (Å²) in [6.45, 7) is 4.97.